The van der Waals surface area contributed by atoms with Crippen LogP contribution in [0.4, 0.5) is 18.9 Å². The predicted molar refractivity (Wildman–Crippen MR) is 104 cm³/mol. The first-order chi connectivity index (χ1) is 13.9. The smallest absolute Gasteiger partial charge is 0.493 e. The number of para-hydroxylation sites is 3. The van der Waals surface area contributed by atoms with Crippen molar-refractivity contribution in [2.75, 3.05) is 11.9 Å². The molecule has 3 rings (SSSR count). The first-order valence-corrected chi connectivity index (χ1v) is 9.55. The minimum atomic E-state index is -4.85. The molecule has 2 aromatic carbocycles. The van der Waals surface area contributed by atoms with Crippen molar-refractivity contribution in [1.29, 1.82) is 0 Å². The zero-order valence-corrected chi connectivity index (χ0v) is 16.1. The average molecular weight is 422 g/mol. The molecule has 0 unspecified atom stereocenters. The Kier molecular flexibility index (Phi) is 6.38. The number of benzene rings is 2. The number of halogens is 3. The van der Waals surface area contributed by atoms with E-state index in [1.165, 1.54) is 29.5 Å². The zero-order chi connectivity index (χ0) is 20.9. The van der Waals surface area contributed by atoms with Crippen molar-refractivity contribution in [1.82, 2.24) is 4.98 Å². The van der Waals surface area contributed by atoms with Gasteiger partial charge < -0.3 is 14.8 Å². The number of nitrogens with one attached hydrogen (secondary N) is 1. The molecule has 0 aliphatic heterocycles. The highest BCUT2D eigenvalue weighted by Crippen LogP contribution is 2.33. The Bertz CT molecular complexity index is 989. The highest BCUT2D eigenvalue weighted by molar-refractivity contribution is 7.13. The molecule has 1 aromatic heterocycles. The molecule has 0 atom stereocenters. The summed E-state index contributed by atoms with van der Waals surface area (Å²) < 4.78 is 47.0. The van der Waals surface area contributed by atoms with Gasteiger partial charge in [-0.2, -0.15) is 0 Å². The second kappa shape index (κ2) is 8.95. The van der Waals surface area contributed by atoms with Gasteiger partial charge in [0, 0.05) is 5.38 Å². The maximum atomic E-state index is 12.5. The van der Waals surface area contributed by atoms with E-state index in [-0.39, 0.29) is 12.1 Å². The molecular formula is C20H17F3N2O3S. The number of alkyl halides is 3. The van der Waals surface area contributed by atoms with Crippen molar-refractivity contribution in [3.63, 3.8) is 0 Å². The molecule has 3 aromatic rings. The first-order valence-electron chi connectivity index (χ1n) is 8.67. The molecule has 0 saturated carbocycles. The van der Waals surface area contributed by atoms with Crippen molar-refractivity contribution in [3.8, 4) is 22.1 Å². The number of nitrogens with zero attached hydrogens (tertiary/aromatic N) is 1. The standard InChI is InChI=1S/C20H17F3N2O3S/c1-2-27-16-9-5-3-7-14(16)19-24-13(12-29-19)11-18(26)25-15-8-4-6-10-17(15)28-20(21,22)23/h3-10,12H,2,11H2,1H3,(H,25,26). The van der Waals surface area contributed by atoms with E-state index in [0.29, 0.717) is 23.1 Å². The summed E-state index contributed by atoms with van der Waals surface area (Å²) in [7, 11) is 0. The minimum absolute atomic E-state index is 0.0630. The van der Waals surface area contributed by atoms with Crippen LogP contribution >= 0.6 is 11.3 Å². The number of rotatable bonds is 7. The van der Waals surface area contributed by atoms with Crippen molar-refractivity contribution in [2.24, 2.45) is 0 Å². The van der Waals surface area contributed by atoms with Gasteiger partial charge in [0.25, 0.3) is 0 Å². The summed E-state index contributed by atoms with van der Waals surface area (Å²) in [6.45, 7) is 2.39. The van der Waals surface area contributed by atoms with Crippen LogP contribution in [0.25, 0.3) is 10.6 Å². The quantitative estimate of drug-likeness (QED) is 0.562. The van der Waals surface area contributed by atoms with E-state index in [2.05, 4.69) is 15.0 Å². The molecule has 9 heteroatoms. The highest BCUT2D eigenvalue weighted by atomic mass is 32.1. The second-order valence-electron chi connectivity index (χ2n) is 5.84. The van der Waals surface area contributed by atoms with Gasteiger partial charge in [0.05, 0.1) is 30.0 Å². The maximum absolute atomic E-state index is 12.5. The van der Waals surface area contributed by atoms with E-state index in [9.17, 15) is 18.0 Å². The average Bonchev–Trinajstić information content (AvgIpc) is 3.11. The molecule has 0 fully saturated rings. The Morgan fingerprint density at radius 2 is 1.79 bits per heavy atom. The van der Waals surface area contributed by atoms with Gasteiger partial charge in [-0.25, -0.2) is 4.98 Å². The lowest BCUT2D eigenvalue weighted by atomic mass is 10.2. The number of carbonyl (C=O) groups excluding carboxylic acids is 1. The molecule has 0 aliphatic carbocycles. The summed E-state index contributed by atoms with van der Waals surface area (Å²) in [5, 5.41) is 4.86. The number of aromatic nitrogens is 1. The molecule has 1 heterocycles. The zero-order valence-electron chi connectivity index (χ0n) is 15.3. The van der Waals surface area contributed by atoms with Crippen LogP contribution < -0.4 is 14.8 Å². The van der Waals surface area contributed by atoms with Gasteiger partial charge in [0.1, 0.15) is 10.8 Å². The van der Waals surface area contributed by atoms with Crippen LogP contribution in [0.3, 0.4) is 0 Å². The molecule has 0 spiro atoms. The third-order valence-electron chi connectivity index (χ3n) is 3.70. The molecule has 1 amide bonds. The summed E-state index contributed by atoms with van der Waals surface area (Å²) in [5.74, 6) is -0.283. The van der Waals surface area contributed by atoms with Crippen LogP contribution in [0.5, 0.6) is 11.5 Å². The number of thiazole rings is 1. The number of amides is 1. The molecule has 1 N–H and O–H groups in total. The van der Waals surface area contributed by atoms with Crippen LogP contribution in [-0.2, 0) is 11.2 Å². The van der Waals surface area contributed by atoms with Gasteiger partial charge in [-0.1, -0.05) is 24.3 Å². The van der Waals surface area contributed by atoms with Gasteiger partial charge in [0.15, 0.2) is 5.75 Å². The summed E-state index contributed by atoms with van der Waals surface area (Å²) in [4.78, 5) is 16.8. The molecular weight excluding hydrogens is 405 g/mol. The van der Waals surface area contributed by atoms with E-state index in [1.54, 1.807) is 5.38 Å². The number of ether oxygens (including phenoxy) is 2. The highest BCUT2D eigenvalue weighted by Gasteiger charge is 2.32. The van der Waals surface area contributed by atoms with Crippen molar-refractivity contribution in [3.05, 3.63) is 59.6 Å². The predicted octanol–water partition coefficient (Wildman–Crippen LogP) is 5.29. The SMILES string of the molecule is CCOc1ccccc1-c1nc(CC(=O)Nc2ccccc2OC(F)(F)F)cs1. The Balaban J connectivity index is 1.71. The lowest BCUT2D eigenvalue weighted by Gasteiger charge is -2.13. The lowest BCUT2D eigenvalue weighted by Crippen LogP contribution is -2.20. The topological polar surface area (TPSA) is 60.5 Å². The van der Waals surface area contributed by atoms with Crippen molar-refractivity contribution >= 4 is 22.9 Å². The van der Waals surface area contributed by atoms with E-state index in [1.807, 2.05) is 31.2 Å². The fraction of sp³-hybridized carbons (Fsp3) is 0.200. The van der Waals surface area contributed by atoms with Crippen LogP contribution in [-0.4, -0.2) is 23.9 Å². The van der Waals surface area contributed by atoms with Gasteiger partial charge in [-0.15, -0.1) is 24.5 Å². The van der Waals surface area contributed by atoms with Gasteiger partial charge >= 0.3 is 6.36 Å². The van der Waals surface area contributed by atoms with Crippen LogP contribution in [0.15, 0.2) is 53.9 Å². The van der Waals surface area contributed by atoms with E-state index < -0.39 is 18.0 Å². The monoisotopic (exact) mass is 422 g/mol. The summed E-state index contributed by atoms with van der Waals surface area (Å²) in [6.07, 6.45) is -4.94. The summed E-state index contributed by atoms with van der Waals surface area (Å²) >= 11 is 1.36. The molecule has 0 radical (unpaired) electrons. The van der Waals surface area contributed by atoms with E-state index in [4.69, 9.17) is 4.74 Å². The summed E-state index contributed by atoms with van der Waals surface area (Å²) in [6, 6.07) is 12.8. The normalized spacial score (nSPS) is 11.2. The van der Waals surface area contributed by atoms with Crippen molar-refractivity contribution in [2.45, 2.75) is 19.7 Å². The van der Waals surface area contributed by atoms with Gasteiger partial charge in [-0.3, -0.25) is 4.79 Å². The first kappa shape index (κ1) is 20.7. The van der Waals surface area contributed by atoms with E-state index in [0.717, 1.165) is 11.6 Å². The Hall–Kier alpha value is -3.07. The Morgan fingerprint density at radius 1 is 1.10 bits per heavy atom. The van der Waals surface area contributed by atoms with E-state index >= 15 is 0 Å². The third kappa shape index (κ3) is 5.71. The van der Waals surface area contributed by atoms with Crippen molar-refractivity contribution < 1.29 is 27.4 Å². The fourth-order valence-corrected chi connectivity index (χ4v) is 3.43. The van der Waals surface area contributed by atoms with Crippen LogP contribution in [0.2, 0.25) is 0 Å². The largest absolute Gasteiger partial charge is 0.573 e. The molecule has 5 nitrogen and oxygen atoms in total. The number of hydrogen-bond donors (Lipinski definition) is 1. The number of anilines is 1. The van der Waals surface area contributed by atoms with Crippen LogP contribution in [0.1, 0.15) is 12.6 Å². The summed E-state index contributed by atoms with van der Waals surface area (Å²) in [5.41, 5.74) is 1.25. The Morgan fingerprint density at radius 3 is 2.52 bits per heavy atom. The van der Waals surface area contributed by atoms with Gasteiger partial charge in [0.2, 0.25) is 5.91 Å². The number of carbonyl (C=O) groups is 1. The molecule has 152 valence electrons. The minimum Gasteiger partial charge on any atom is -0.493 e. The van der Waals surface area contributed by atoms with Crippen LogP contribution in [0, 0.1) is 0 Å². The lowest BCUT2D eigenvalue weighted by molar-refractivity contribution is -0.274. The van der Waals surface area contributed by atoms with Gasteiger partial charge in [-0.05, 0) is 31.2 Å². The molecule has 29 heavy (non-hydrogen) atoms. The third-order valence-corrected chi connectivity index (χ3v) is 4.62. The second-order valence-corrected chi connectivity index (χ2v) is 6.70. The fourth-order valence-electron chi connectivity index (χ4n) is 2.58. The molecule has 0 aliphatic rings. The Labute approximate surface area is 169 Å². The molecule has 0 bridgehead atoms. The maximum Gasteiger partial charge on any atom is 0.573 e. The number of hydrogen-bond acceptors (Lipinski definition) is 5. The molecule has 0 saturated heterocycles.